The summed E-state index contributed by atoms with van der Waals surface area (Å²) in [7, 11) is 3.98. The molecule has 1 aliphatic carbocycles. The number of aromatic carboxylic acids is 1. The van der Waals surface area contributed by atoms with Crippen molar-refractivity contribution in [3.8, 4) is 17.0 Å². The number of aromatic nitrogens is 1. The SMILES string of the molecule is COc1ccc2c(c1)C1C(CCN1C)Cn1c-2c(C2CCCCC2)c2ccc(C(=O)O)cc21. The van der Waals surface area contributed by atoms with Crippen LogP contribution in [0.3, 0.4) is 0 Å². The summed E-state index contributed by atoms with van der Waals surface area (Å²) in [5.74, 6) is 1.07. The number of nitrogens with zero attached hydrogens (tertiary/aromatic N) is 2. The van der Waals surface area contributed by atoms with Crippen LogP contribution < -0.4 is 4.74 Å². The molecule has 0 radical (unpaired) electrons. The fourth-order valence-corrected chi connectivity index (χ4v) is 6.87. The molecule has 1 saturated heterocycles. The van der Waals surface area contributed by atoms with Crippen LogP contribution in [0.4, 0.5) is 0 Å². The first-order chi connectivity index (χ1) is 16.1. The third kappa shape index (κ3) is 3.20. The molecule has 3 aromatic rings. The smallest absolute Gasteiger partial charge is 0.335 e. The van der Waals surface area contributed by atoms with Gasteiger partial charge in [0, 0.05) is 29.1 Å². The number of carboxylic acids is 1. The Kier molecular flexibility index (Phi) is 4.98. The largest absolute Gasteiger partial charge is 0.497 e. The number of carbonyl (C=O) groups is 1. The summed E-state index contributed by atoms with van der Waals surface area (Å²) < 4.78 is 8.12. The fourth-order valence-electron chi connectivity index (χ4n) is 6.87. The van der Waals surface area contributed by atoms with Gasteiger partial charge in [0.2, 0.25) is 0 Å². The average Bonchev–Trinajstić information content (AvgIpc) is 3.31. The van der Waals surface area contributed by atoms with E-state index in [1.54, 1.807) is 13.2 Å². The van der Waals surface area contributed by atoms with Crippen LogP contribution in [-0.2, 0) is 6.54 Å². The third-order valence-electron chi connectivity index (χ3n) is 8.39. The van der Waals surface area contributed by atoms with E-state index in [0.29, 0.717) is 23.4 Å². The van der Waals surface area contributed by atoms with Gasteiger partial charge >= 0.3 is 5.97 Å². The van der Waals surface area contributed by atoms with Gasteiger partial charge in [0.15, 0.2) is 0 Å². The molecule has 33 heavy (non-hydrogen) atoms. The van der Waals surface area contributed by atoms with Crippen molar-refractivity contribution in [1.82, 2.24) is 9.47 Å². The molecule has 1 N–H and O–H groups in total. The number of hydrogen-bond acceptors (Lipinski definition) is 3. The van der Waals surface area contributed by atoms with E-state index in [-0.39, 0.29) is 0 Å². The van der Waals surface area contributed by atoms with E-state index in [2.05, 4.69) is 40.8 Å². The molecule has 2 fully saturated rings. The molecule has 2 atom stereocenters. The monoisotopic (exact) mass is 444 g/mol. The Labute approximate surface area is 195 Å². The molecule has 2 aromatic carbocycles. The van der Waals surface area contributed by atoms with Crippen molar-refractivity contribution in [3.05, 3.63) is 53.1 Å². The number of benzene rings is 2. The Morgan fingerprint density at radius 2 is 1.88 bits per heavy atom. The summed E-state index contributed by atoms with van der Waals surface area (Å²) in [4.78, 5) is 14.3. The molecule has 0 spiro atoms. The first-order valence-electron chi connectivity index (χ1n) is 12.3. The Balaban J connectivity index is 1.68. The standard InChI is InChI=1S/C28H32N2O3/c1-29-13-12-19-16-30-24-14-18(28(31)32)8-10-22(24)25(17-6-4-3-5-7-17)27(30)21-11-9-20(33-2)15-23(21)26(19)29/h8-11,14-15,17,19,26H,3-7,12-13,16H2,1-2H3,(H,31,32). The van der Waals surface area contributed by atoms with Gasteiger partial charge in [0.05, 0.1) is 18.4 Å². The average molecular weight is 445 g/mol. The summed E-state index contributed by atoms with van der Waals surface area (Å²) in [5.41, 5.74) is 6.87. The first-order valence-corrected chi connectivity index (χ1v) is 12.3. The van der Waals surface area contributed by atoms with Crippen LogP contribution in [0.1, 0.15) is 72.0 Å². The Bertz CT molecular complexity index is 1240. The van der Waals surface area contributed by atoms with Crippen molar-refractivity contribution in [2.75, 3.05) is 20.7 Å². The molecular weight excluding hydrogens is 412 g/mol. The molecule has 3 heterocycles. The summed E-state index contributed by atoms with van der Waals surface area (Å²) in [6.45, 7) is 2.00. The Morgan fingerprint density at radius 3 is 2.64 bits per heavy atom. The number of ether oxygens (including phenoxy) is 1. The minimum atomic E-state index is -0.857. The van der Waals surface area contributed by atoms with E-state index < -0.39 is 5.97 Å². The molecule has 0 bridgehead atoms. The minimum absolute atomic E-state index is 0.354. The Morgan fingerprint density at radius 1 is 1.06 bits per heavy atom. The molecule has 2 aliphatic heterocycles. The van der Waals surface area contributed by atoms with E-state index in [4.69, 9.17) is 4.74 Å². The van der Waals surface area contributed by atoms with Crippen molar-refractivity contribution in [2.45, 2.75) is 57.0 Å². The van der Waals surface area contributed by atoms with Crippen LogP contribution in [0.15, 0.2) is 36.4 Å². The van der Waals surface area contributed by atoms with E-state index in [1.807, 2.05) is 6.07 Å². The molecule has 6 rings (SSSR count). The highest BCUT2D eigenvalue weighted by atomic mass is 16.5. The lowest BCUT2D eigenvalue weighted by Gasteiger charge is -2.26. The van der Waals surface area contributed by atoms with E-state index in [1.165, 1.54) is 59.9 Å². The third-order valence-corrected chi connectivity index (χ3v) is 8.39. The van der Waals surface area contributed by atoms with Crippen molar-refractivity contribution >= 4 is 16.9 Å². The first kappa shape index (κ1) is 20.8. The summed E-state index contributed by atoms with van der Waals surface area (Å²) in [6.07, 6.45) is 7.43. The fraction of sp³-hybridized carbons (Fsp3) is 0.464. The maximum atomic E-state index is 11.9. The quantitative estimate of drug-likeness (QED) is 0.533. The van der Waals surface area contributed by atoms with Gasteiger partial charge in [-0.2, -0.15) is 0 Å². The second kappa shape index (κ2) is 7.91. The second-order valence-corrected chi connectivity index (χ2v) is 10.2. The van der Waals surface area contributed by atoms with Gasteiger partial charge < -0.3 is 14.4 Å². The number of rotatable bonds is 3. The molecule has 5 nitrogen and oxygen atoms in total. The van der Waals surface area contributed by atoms with Crippen LogP contribution in [0, 0.1) is 5.92 Å². The van der Waals surface area contributed by atoms with Crippen LogP contribution >= 0.6 is 0 Å². The molecule has 5 heteroatoms. The number of carboxylic acid groups (broad SMARTS) is 1. The number of methoxy groups -OCH3 is 1. The molecule has 1 aromatic heterocycles. The molecule has 3 aliphatic rings. The van der Waals surface area contributed by atoms with E-state index >= 15 is 0 Å². The minimum Gasteiger partial charge on any atom is -0.497 e. The number of likely N-dealkylation sites (tertiary alicyclic amines) is 1. The molecule has 1 saturated carbocycles. The highest BCUT2D eigenvalue weighted by molar-refractivity contribution is 5.98. The van der Waals surface area contributed by atoms with E-state index in [0.717, 1.165) is 30.8 Å². The Hall–Kier alpha value is -2.79. The zero-order chi connectivity index (χ0) is 22.7. The summed E-state index contributed by atoms with van der Waals surface area (Å²) in [5, 5.41) is 11.0. The van der Waals surface area contributed by atoms with Gasteiger partial charge in [-0.1, -0.05) is 25.3 Å². The predicted molar refractivity (Wildman–Crippen MR) is 130 cm³/mol. The van der Waals surface area contributed by atoms with Crippen LogP contribution in [0.5, 0.6) is 5.75 Å². The van der Waals surface area contributed by atoms with Crippen molar-refractivity contribution in [3.63, 3.8) is 0 Å². The maximum absolute atomic E-state index is 11.9. The maximum Gasteiger partial charge on any atom is 0.335 e. The van der Waals surface area contributed by atoms with Crippen LogP contribution in [-0.4, -0.2) is 41.2 Å². The highest BCUT2D eigenvalue weighted by Gasteiger charge is 2.40. The zero-order valence-corrected chi connectivity index (χ0v) is 19.5. The highest BCUT2D eigenvalue weighted by Crippen LogP contribution is 2.51. The molecule has 2 unspecified atom stereocenters. The molecule has 0 amide bonds. The summed E-state index contributed by atoms with van der Waals surface area (Å²) >= 11 is 0. The van der Waals surface area contributed by atoms with Gasteiger partial charge in [0.25, 0.3) is 0 Å². The van der Waals surface area contributed by atoms with Gasteiger partial charge in [-0.15, -0.1) is 0 Å². The van der Waals surface area contributed by atoms with E-state index in [9.17, 15) is 9.90 Å². The van der Waals surface area contributed by atoms with Gasteiger partial charge in [0.1, 0.15) is 5.75 Å². The van der Waals surface area contributed by atoms with Crippen LogP contribution in [0.25, 0.3) is 22.2 Å². The van der Waals surface area contributed by atoms with Crippen molar-refractivity contribution < 1.29 is 14.6 Å². The summed E-state index contributed by atoms with van der Waals surface area (Å²) in [6, 6.07) is 12.7. The zero-order valence-electron chi connectivity index (χ0n) is 19.5. The molecule has 172 valence electrons. The topological polar surface area (TPSA) is 54.7 Å². The lowest BCUT2D eigenvalue weighted by molar-refractivity contribution is 0.0697. The molecular formula is C28H32N2O3. The van der Waals surface area contributed by atoms with Gasteiger partial charge in [-0.05, 0) is 86.1 Å². The second-order valence-electron chi connectivity index (χ2n) is 10.2. The van der Waals surface area contributed by atoms with Crippen molar-refractivity contribution in [2.24, 2.45) is 5.92 Å². The predicted octanol–water partition coefficient (Wildman–Crippen LogP) is 6.07. The van der Waals surface area contributed by atoms with Gasteiger partial charge in [-0.3, -0.25) is 4.90 Å². The van der Waals surface area contributed by atoms with Gasteiger partial charge in [-0.25, -0.2) is 4.79 Å². The number of fused-ring (bicyclic) bond motifs is 7. The van der Waals surface area contributed by atoms with Crippen LogP contribution in [0.2, 0.25) is 0 Å². The normalized spacial score (nSPS) is 23.1. The van der Waals surface area contributed by atoms with Crippen molar-refractivity contribution in [1.29, 1.82) is 0 Å². The lowest BCUT2D eigenvalue weighted by atomic mass is 9.81. The number of hydrogen-bond donors (Lipinski definition) is 1. The lowest BCUT2D eigenvalue weighted by Crippen LogP contribution is -2.22.